The average Bonchev–Trinajstić information content (AvgIpc) is 2.34. The fraction of sp³-hybridized carbons (Fsp3) is 0.667. The molecule has 2 heteroatoms. The van der Waals surface area contributed by atoms with Gasteiger partial charge in [-0.1, -0.05) is 32.4 Å². The Morgan fingerprint density at radius 3 is 2.25 bits per heavy atom. The Morgan fingerprint density at radius 2 is 1.75 bits per heavy atom. The molecule has 0 heterocycles. The molecule has 0 saturated heterocycles. The fourth-order valence-corrected chi connectivity index (χ4v) is 2.68. The van der Waals surface area contributed by atoms with E-state index in [1.165, 1.54) is 24.8 Å². The molecule has 1 aromatic carbocycles. The highest BCUT2D eigenvalue weighted by Crippen LogP contribution is 2.30. The molecule has 1 aliphatic carbocycles. The zero-order valence-electron chi connectivity index (χ0n) is 13.4. The van der Waals surface area contributed by atoms with E-state index in [9.17, 15) is 0 Å². The van der Waals surface area contributed by atoms with Crippen LogP contribution in [-0.2, 0) is 0 Å². The largest absolute Gasteiger partial charge is 0.493 e. The van der Waals surface area contributed by atoms with E-state index in [2.05, 4.69) is 57.3 Å². The van der Waals surface area contributed by atoms with Crippen molar-refractivity contribution in [3.05, 3.63) is 29.8 Å². The van der Waals surface area contributed by atoms with Crippen molar-refractivity contribution in [2.45, 2.75) is 59.0 Å². The molecule has 0 aromatic heterocycles. The summed E-state index contributed by atoms with van der Waals surface area (Å²) in [6.45, 7) is 9.69. The van der Waals surface area contributed by atoms with Crippen LogP contribution in [0.15, 0.2) is 24.3 Å². The molecule has 20 heavy (non-hydrogen) atoms. The van der Waals surface area contributed by atoms with Crippen molar-refractivity contribution in [1.29, 1.82) is 0 Å². The van der Waals surface area contributed by atoms with Gasteiger partial charge in [0, 0.05) is 12.1 Å². The van der Waals surface area contributed by atoms with Gasteiger partial charge in [-0.25, -0.2) is 0 Å². The molecular weight excluding hydrogens is 246 g/mol. The quantitative estimate of drug-likeness (QED) is 0.787. The molecule has 2 nitrogen and oxygen atoms in total. The maximum absolute atomic E-state index is 5.73. The van der Waals surface area contributed by atoms with E-state index in [1.807, 2.05) is 0 Å². The first kappa shape index (κ1) is 15.4. The molecule has 0 bridgehead atoms. The van der Waals surface area contributed by atoms with Gasteiger partial charge in [0.05, 0.1) is 6.61 Å². The van der Waals surface area contributed by atoms with Gasteiger partial charge in [0.2, 0.25) is 0 Å². The second-order valence-electron chi connectivity index (χ2n) is 6.64. The molecule has 2 atom stereocenters. The lowest BCUT2D eigenvalue weighted by Gasteiger charge is -2.34. The molecular formula is C18H29NO. The smallest absolute Gasteiger partial charge is 0.119 e. The van der Waals surface area contributed by atoms with Crippen LogP contribution in [0.4, 0.5) is 0 Å². The Morgan fingerprint density at radius 1 is 1.10 bits per heavy atom. The second kappa shape index (κ2) is 7.12. The van der Waals surface area contributed by atoms with Crippen LogP contribution in [0.25, 0.3) is 0 Å². The lowest BCUT2D eigenvalue weighted by molar-refractivity contribution is 0.229. The Kier molecular flexibility index (Phi) is 5.47. The lowest BCUT2D eigenvalue weighted by atomic mass is 9.80. The highest BCUT2D eigenvalue weighted by atomic mass is 16.5. The third-order valence-electron chi connectivity index (χ3n) is 4.33. The minimum Gasteiger partial charge on any atom is -0.493 e. The van der Waals surface area contributed by atoms with Crippen molar-refractivity contribution in [3.63, 3.8) is 0 Å². The van der Waals surface area contributed by atoms with E-state index in [1.54, 1.807) is 0 Å². The summed E-state index contributed by atoms with van der Waals surface area (Å²) < 4.78 is 5.73. The highest BCUT2D eigenvalue weighted by molar-refractivity contribution is 5.29. The molecule has 1 N–H and O–H groups in total. The van der Waals surface area contributed by atoms with Crippen molar-refractivity contribution in [3.8, 4) is 5.75 Å². The van der Waals surface area contributed by atoms with Crippen LogP contribution in [0.5, 0.6) is 5.75 Å². The number of hydrogen-bond donors (Lipinski definition) is 1. The Hall–Kier alpha value is -1.02. The zero-order chi connectivity index (χ0) is 14.5. The summed E-state index contributed by atoms with van der Waals surface area (Å²) in [5, 5.41) is 3.73. The van der Waals surface area contributed by atoms with Crippen LogP contribution in [-0.4, -0.2) is 12.6 Å². The van der Waals surface area contributed by atoms with Crippen LogP contribution in [0, 0.1) is 11.8 Å². The van der Waals surface area contributed by atoms with Gasteiger partial charge in [0.1, 0.15) is 5.75 Å². The first-order chi connectivity index (χ1) is 9.56. The van der Waals surface area contributed by atoms with Gasteiger partial charge in [-0.2, -0.15) is 0 Å². The van der Waals surface area contributed by atoms with E-state index in [-0.39, 0.29) is 0 Å². The van der Waals surface area contributed by atoms with E-state index >= 15 is 0 Å². The van der Waals surface area contributed by atoms with Gasteiger partial charge in [0.25, 0.3) is 0 Å². The van der Waals surface area contributed by atoms with Crippen LogP contribution in [0.2, 0.25) is 0 Å². The first-order valence-electron chi connectivity index (χ1n) is 8.05. The van der Waals surface area contributed by atoms with Gasteiger partial charge in [-0.15, -0.1) is 0 Å². The maximum Gasteiger partial charge on any atom is 0.119 e. The normalized spacial score (nSPS) is 18.6. The topological polar surface area (TPSA) is 21.3 Å². The van der Waals surface area contributed by atoms with E-state index in [0.29, 0.717) is 18.0 Å². The van der Waals surface area contributed by atoms with Crippen LogP contribution >= 0.6 is 0 Å². The van der Waals surface area contributed by atoms with Gasteiger partial charge >= 0.3 is 0 Å². The molecule has 1 aliphatic rings. The summed E-state index contributed by atoms with van der Waals surface area (Å²) in [4.78, 5) is 0. The number of rotatable bonds is 7. The molecule has 0 radical (unpaired) electrons. The molecule has 1 aromatic rings. The van der Waals surface area contributed by atoms with E-state index in [4.69, 9.17) is 4.74 Å². The minimum absolute atomic E-state index is 0.407. The maximum atomic E-state index is 5.73. The predicted octanol–water partition coefficient (Wildman–Crippen LogP) is 4.56. The molecule has 1 fully saturated rings. The molecule has 112 valence electrons. The first-order valence-corrected chi connectivity index (χ1v) is 8.05. The second-order valence-corrected chi connectivity index (χ2v) is 6.64. The van der Waals surface area contributed by atoms with E-state index < -0.39 is 0 Å². The standard InChI is InChI=1S/C18H29NO/c1-13(2)12-20-18-10-8-17(9-11-18)15(4)19-14(3)16-6-5-7-16/h8-11,13-16,19H,5-7,12H2,1-4H3. The fourth-order valence-electron chi connectivity index (χ4n) is 2.68. The van der Waals surface area contributed by atoms with Crippen LogP contribution in [0.3, 0.4) is 0 Å². The number of ether oxygens (including phenoxy) is 1. The van der Waals surface area contributed by atoms with Crippen molar-refractivity contribution < 1.29 is 4.74 Å². The predicted molar refractivity (Wildman–Crippen MR) is 85.1 cm³/mol. The summed E-state index contributed by atoms with van der Waals surface area (Å²) in [7, 11) is 0. The highest BCUT2D eigenvalue weighted by Gasteiger charge is 2.24. The average molecular weight is 275 g/mol. The third-order valence-corrected chi connectivity index (χ3v) is 4.33. The SMILES string of the molecule is CC(C)COc1ccc(C(C)NC(C)C2CCC2)cc1. The van der Waals surface area contributed by atoms with Crippen LogP contribution in [0.1, 0.15) is 58.6 Å². The van der Waals surface area contributed by atoms with Crippen molar-refractivity contribution in [1.82, 2.24) is 5.32 Å². The zero-order valence-corrected chi connectivity index (χ0v) is 13.4. The monoisotopic (exact) mass is 275 g/mol. The minimum atomic E-state index is 0.407. The molecule has 0 spiro atoms. The summed E-state index contributed by atoms with van der Waals surface area (Å²) in [5.41, 5.74) is 1.34. The molecule has 0 amide bonds. The third kappa shape index (κ3) is 4.24. The summed E-state index contributed by atoms with van der Waals surface area (Å²) in [6, 6.07) is 9.57. The van der Waals surface area contributed by atoms with Gasteiger partial charge in [-0.05, 0) is 56.2 Å². The molecule has 2 unspecified atom stereocenters. The van der Waals surface area contributed by atoms with Crippen molar-refractivity contribution >= 4 is 0 Å². The molecule has 2 rings (SSSR count). The number of nitrogens with one attached hydrogen (secondary N) is 1. The summed E-state index contributed by atoms with van der Waals surface area (Å²) in [6.07, 6.45) is 4.19. The van der Waals surface area contributed by atoms with Gasteiger partial charge in [0.15, 0.2) is 0 Å². The Labute approximate surface area is 123 Å². The van der Waals surface area contributed by atoms with E-state index in [0.717, 1.165) is 18.3 Å². The van der Waals surface area contributed by atoms with Gasteiger partial charge in [-0.3, -0.25) is 0 Å². The molecule has 0 aliphatic heterocycles. The number of hydrogen-bond acceptors (Lipinski definition) is 2. The number of benzene rings is 1. The Bertz CT molecular complexity index is 394. The summed E-state index contributed by atoms with van der Waals surface area (Å²) in [5.74, 6) is 2.42. The summed E-state index contributed by atoms with van der Waals surface area (Å²) >= 11 is 0. The Balaban J connectivity index is 1.84. The molecule has 1 saturated carbocycles. The van der Waals surface area contributed by atoms with Crippen LogP contribution < -0.4 is 10.1 Å². The van der Waals surface area contributed by atoms with Crippen molar-refractivity contribution in [2.24, 2.45) is 11.8 Å². The van der Waals surface area contributed by atoms with Gasteiger partial charge < -0.3 is 10.1 Å². The van der Waals surface area contributed by atoms with Crippen molar-refractivity contribution in [2.75, 3.05) is 6.61 Å². The lowest BCUT2D eigenvalue weighted by Crippen LogP contribution is -2.38.